The first-order chi connectivity index (χ1) is 14.8. The van der Waals surface area contributed by atoms with E-state index >= 15 is 0 Å². The molecule has 4 rings (SSSR count). The number of nitrogens with zero attached hydrogens (tertiary/aromatic N) is 4. The molecule has 0 radical (unpaired) electrons. The molecule has 4 N–H and O–H groups in total. The fourth-order valence-electron chi connectivity index (χ4n) is 4.27. The number of nitrogens with two attached hydrogens (primary N) is 2. The van der Waals surface area contributed by atoms with E-state index in [-0.39, 0.29) is 34.4 Å². The molecule has 1 aliphatic heterocycles. The Kier molecular flexibility index (Phi) is 5.14. The van der Waals surface area contributed by atoms with E-state index in [1.807, 2.05) is 0 Å². The highest BCUT2D eigenvalue weighted by molar-refractivity contribution is 6.16. The van der Waals surface area contributed by atoms with Crippen molar-refractivity contribution in [3.63, 3.8) is 0 Å². The molecule has 0 unspecified atom stereocenters. The fourth-order valence-corrected chi connectivity index (χ4v) is 4.27. The first-order valence-electron chi connectivity index (χ1n) is 9.90. The van der Waals surface area contributed by atoms with Gasteiger partial charge in [0.05, 0.1) is 21.7 Å². The van der Waals surface area contributed by atoms with Crippen LogP contribution in [0.4, 0.5) is 15.8 Å². The number of nitro groups is 1. The minimum absolute atomic E-state index is 0.0332. The number of hydrogen-bond acceptors (Lipinski definition) is 8. The van der Waals surface area contributed by atoms with Gasteiger partial charge in [-0.1, -0.05) is 18.6 Å². The van der Waals surface area contributed by atoms with E-state index in [0.29, 0.717) is 12.8 Å². The lowest BCUT2D eigenvalue weighted by Gasteiger charge is -2.46. The number of carbonyl (C=O) groups excluding carboxylic acids is 1. The Morgan fingerprint density at radius 3 is 2.48 bits per heavy atom. The summed E-state index contributed by atoms with van der Waals surface area (Å²) >= 11 is 0. The predicted octanol–water partition coefficient (Wildman–Crippen LogP) is 3.07. The quantitative estimate of drug-likeness (QED) is 0.439. The average Bonchev–Trinajstić information content (AvgIpc) is 2.73. The van der Waals surface area contributed by atoms with Gasteiger partial charge in [-0.3, -0.25) is 19.8 Å². The van der Waals surface area contributed by atoms with E-state index in [4.69, 9.17) is 11.5 Å². The monoisotopic (exact) mass is 424 g/mol. The van der Waals surface area contributed by atoms with Gasteiger partial charge in [-0.15, -0.1) is 0 Å². The molecule has 1 fully saturated rings. The standard InChI is InChI=1S/C21H21FN6O3/c22-16-7-3-2-6-14(16)18(29)15-12-13(28(30)31)8-9-17(15)27-20(24)25-19(23)26-21(27)10-4-1-5-11-21/h2-3,6-9,12H,1,4-5,10-11H2,(H4,23,24,25,26). The number of benzene rings is 2. The zero-order valence-electron chi connectivity index (χ0n) is 16.6. The highest BCUT2D eigenvalue weighted by atomic mass is 19.1. The number of nitro benzene ring substituents is 1. The molecule has 0 aromatic heterocycles. The molecule has 2 aromatic carbocycles. The van der Waals surface area contributed by atoms with Crippen LogP contribution in [0.25, 0.3) is 0 Å². The zero-order chi connectivity index (χ0) is 22.2. The molecule has 160 valence electrons. The summed E-state index contributed by atoms with van der Waals surface area (Å²) in [6, 6.07) is 9.33. The molecule has 0 atom stereocenters. The Morgan fingerprint density at radius 1 is 1.10 bits per heavy atom. The van der Waals surface area contributed by atoms with Crippen LogP contribution in [0.1, 0.15) is 48.0 Å². The molecule has 1 aliphatic carbocycles. The lowest BCUT2D eigenvalue weighted by atomic mass is 9.86. The Hall–Kier alpha value is -3.82. The summed E-state index contributed by atoms with van der Waals surface area (Å²) in [6.07, 6.45) is 3.99. The normalized spacial score (nSPS) is 17.8. The van der Waals surface area contributed by atoms with Gasteiger partial charge in [0.1, 0.15) is 11.5 Å². The largest absolute Gasteiger partial charge is 0.369 e. The van der Waals surface area contributed by atoms with Crippen LogP contribution in [-0.4, -0.2) is 28.3 Å². The third kappa shape index (κ3) is 3.60. The maximum atomic E-state index is 14.4. The third-order valence-corrected chi connectivity index (χ3v) is 5.65. The number of guanidine groups is 2. The highest BCUT2D eigenvalue weighted by Crippen LogP contribution is 2.41. The van der Waals surface area contributed by atoms with Crippen molar-refractivity contribution in [2.75, 3.05) is 4.90 Å². The summed E-state index contributed by atoms with van der Waals surface area (Å²) in [6.45, 7) is 0. The zero-order valence-corrected chi connectivity index (χ0v) is 16.6. The van der Waals surface area contributed by atoms with Gasteiger partial charge < -0.3 is 11.5 Å². The molecule has 0 bridgehead atoms. The molecule has 10 heteroatoms. The van der Waals surface area contributed by atoms with Crippen LogP contribution in [0.2, 0.25) is 0 Å². The molecule has 9 nitrogen and oxygen atoms in total. The lowest BCUT2D eigenvalue weighted by molar-refractivity contribution is -0.384. The SMILES string of the molecule is NC1=NC2(CCCCC2)N(c2ccc([N+](=O)[O-])cc2C(=O)c2ccccc2F)C(N)=N1. The molecule has 0 amide bonds. The Morgan fingerprint density at radius 2 is 1.81 bits per heavy atom. The van der Waals surface area contributed by atoms with Crippen LogP contribution >= 0.6 is 0 Å². The molecular formula is C21H21FN6O3. The number of rotatable bonds is 4. The minimum Gasteiger partial charge on any atom is -0.369 e. The maximum absolute atomic E-state index is 14.4. The van der Waals surface area contributed by atoms with E-state index in [2.05, 4.69) is 9.98 Å². The summed E-state index contributed by atoms with van der Waals surface area (Å²) in [5, 5.41) is 11.4. The summed E-state index contributed by atoms with van der Waals surface area (Å²) in [7, 11) is 0. The molecule has 1 heterocycles. The molecular weight excluding hydrogens is 403 g/mol. The van der Waals surface area contributed by atoms with E-state index < -0.39 is 22.2 Å². The van der Waals surface area contributed by atoms with Crippen molar-refractivity contribution in [3.05, 3.63) is 69.5 Å². The van der Waals surface area contributed by atoms with Crippen LogP contribution in [0.3, 0.4) is 0 Å². The van der Waals surface area contributed by atoms with Crippen molar-refractivity contribution >= 4 is 29.1 Å². The Balaban J connectivity index is 1.92. The molecule has 2 aromatic rings. The molecule has 1 spiro atoms. The van der Waals surface area contributed by atoms with Gasteiger partial charge in [-0.25, -0.2) is 9.38 Å². The number of aliphatic imine (C=N–C) groups is 2. The second-order valence-electron chi connectivity index (χ2n) is 7.59. The van der Waals surface area contributed by atoms with Crippen molar-refractivity contribution < 1.29 is 14.1 Å². The van der Waals surface area contributed by atoms with Crippen LogP contribution in [0.5, 0.6) is 0 Å². The van der Waals surface area contributed by atoms with Gasteiger partial charge in [0.25, 0.3) is 5.69 Å². The summed E-state index contributed by atoms with van der Waals surface area (Å²) in [5.74, 6) is -1.34. The van der Waals surface area contributed by atoms with Gasteiger partial charge in [0.15, 0.2) is 5.78 Å². The van der Waals surface area contributed by atoms with E-state index in [1.54, 1.807) is 4.90 Å². The average molecular weight is 424 g/mol. The predicted molar refractivity (Wildman–Crippen MR) is 114 cm³/mol. The first-order valence-corrected chi connectivity index (χ1v) is 9.90. The number of hydrogen-bond donors (Lipinski definition) is 2. The molecule has 2 aliphatic rings. The summed E-state index contributed by atoms with van der Waals surface area (Å²) in [4.78, 5) is 34.3. The minimum atomic E-state index is -0.853. The van der Waals surface area contributed by atoms with E-state index in [1.165, 1.54) is 30.3 Å². The Labute approximate surface area is 177 Å². The number of halogens is 1. The lowest BCUT2D eigenvalue weighted by Crippen LogP contribution is -2.58. The number of carbonyl (C=O) groups is 1. The van der Waals surface area contributed by atoms with Gasteiger partial charge in [-0.2, -0.15) is 4.99 Å². The molecule has 31 heavy (non-hydrogen) atoms. The van der Waals surface area contributed by atoms with E-state index in [9.17, 15) is 19.3 Å². The second kappa shape index (κ2) is 7.78. The van der Waals surface area contributed by atoms with Crippen molar-refractivity contribution in [1.29, 1.82) is 0 Å². The number of anilines is 1. The summed E-state index contributed by atoms with van der Waals surface area (Å²) in [5.41, 5.74) is 11.0. The Bertz CT molecular complexity index is 1120. The van der Waals surface area contributed by atoms with Gasteiger partial charge in [-0.05, 0) is 43.9 Å². The topological polar surface area (TPSA) is 140 Å². The fraction of sp³-hybridized carbons (Fsp3) is 0.286. The number of ketones is 1. The highest BCUT2D eigenvalue weighted by Gasteiger charge is 2.44. The van der Waals surface area contributed by atoms with Crippen LogP contribution in [-0.2, 0) is 0 Å². The van der Waals surface area contributed by atoms with Crippen molar-refractivity contribution in [3.8, 4) is 0 Å². The van der Waals surface area contributed by atoms with Gasteiger partial charge in [0, 0.05) is 12.1 Å². The first kappa shape index (κ1) is 20.5. The van der Waals surface area contributed by atoms with Crippen molar-refractivity contribution in [2.45, 2.75) is 37.8 Å². The number of non-ortho nitro benzene ring substituents is 1. The third-order valence-electron chi connectivity index (χ3n) is 5.65. The summed E-state index contributed by atoms with van der Waals surface area (Å²) < 4.78 is 14.4. The smallest absolute Gasteiger partial charge is 0.270 e. The van der Waals surface area contributed by atoms with Gasteiger partial charge in [0.2, 0.25) is 11.9 Å². The molecule has 1 saturated carbocycles. The molecule has 0 saturated heterocycles. The van der Waals surface area contributed by atoms with E-state index in [0.717, 1.165) is 31.4 Å². The van der Waals surface area contributed by atoms with Crippen LogP contribution in [0.15, 0.2) is 52.4 Å². The second-order valence-corrected chi connectivity index (χ2v) is 7.59. The van der Waals surface area contributed by atoms with Crippen LogP contribution < -0.4 is 16.4 Å². The van der Waals surface area contributed by atoms with Gasteiger partial charge >= 0.3 is 0 Å². The van der Waals surface area contributed by atoms with Crippen LogP contribution in [0, 0.1) is 15.9 Å². The maximum Gasteiger partial charge on any atom is 0.270 e. The van der Waals surface area contributed by atoms with Crippen molar-refractivity contribution in [1.82, 2.24) is 0 Å². The van der Waals surface area contributed by atoms with Crippen molar-refractivity contribution in [2.24, 2.45) is 21.5 Å².